The van der Waals surface area contributed by atoms with Gasteiger partial charge in [-0.1, -0.05) is 0 Å². The number of nitrogens with zero attached hydrogens (tertiary/aromatic N) is 3. The molecule has 0 N–H and O–H groups in total. The summed E-state index contributed by atoms with van der Waals surface area (Å²) < 4.78 is 0. The van der Waals surface area contributed by atoms with E-state index in [9.17, 15) is 0 Å². The van der Waals surface area contributed by atoms with Gasteiger partial charge in [0, 0.05) is 26.2 Å². The molecule has 2 rings (SSSR count). The molecule has 0 saturated carbocycles. The highest BCUT2D eigenvalue weighted by atomic mass is 15.3. The molecule has 2 heterocycles. The SMILES string of the molecule is CN(CCCN1CC1)CCCN1CC1. The Morgan fingerprint density at radius 3 is 1.64 bits per heavy atom. The minimum atomic E-state index is 1.27. The van der Waals surface area contributed by atoms with Crippen molar-refractivity contribution in [3.63, 3.8) is 0 Å². The summed E-state index contributed by atoms with van der Waals surface area (Å²) >= 11 is 0. The van der Waals surface area contributed by atoms with Crippen molar-refractivity contribution in [2.24, 2.45) is 0 Å². The van der Waals surface area contributed by atoms with Crippen LogP contribution in [0.3, 0.4) is 0 Å². The predicted molar refractivity (Wildman–Crippen MR) is 59.6 cm³/mol. The van der Waals surface area contributed by atoms with Crippen molar-refractivity contribution < 1.29 is 0 Å². The second-order valence-corrected chi connectivity index (χ2v) is 4.69. The van der Waals surface area contributed by atoms with Crippen molar-refractivity contribution in [1.29, 1.82) is 0 Å². The van der Waals surface area contributed by atoms with Crippen LogP contribution in [0.5, 0.6) is 0 Å². The first-order chi connectivity index (χ1) is 6.84. The van der Waals surface area contributed by atoms with Crippen LogP contribution in [0.2, 0.25) is 0 Å². The van der Waals surface area contributed by atoms with Crippen LogP contribution < -0.4 is 0 Å². The molecule has 14 heavy (non-hydrogen) atoms. The molecule has 0 bridgehead atoms. The Morgan fingerprint density at radius 1 is 0.857 bits per heavy atom. The quantitative estimate of drug-likeness (QED) is 0.519. The highest BCUT2D eigenvalue weighted by Gasteiger charge is 2.17. The highest BCUT2D eigenvalue weighted by molar-refractivity contribution is 4.73. The van der Waals surface area contributed by atoms with E-state index in [4.69, 9.17) is 0 Å². The van der Waals surface area contributed by atoms with Gasteiger partial charge < -0.3 is 14.7 Å². The number of hydrogen-bond acceptors (Lipinski definition) is 3. The molecule has 0 amide bonds. The van der Waals surface area contributed by atoms with Crippen molar-refractivity contribution in [1.82, 2.24) is 14.7 Å². The van der Waals surface area contributed by atoms with Gasteiger partial charge in [-0.15, -0.1) is 0 Å². The van der Waals surface area contributed by atoms with Gasteiger partial charge in [-0.25, -0.2) is 0 Å². The van der Waals surface area contributed by atoms with E-state index < -0.39 is 0 Å². The third-order valence-corrected chi connectivity index (χ3v) is 3.11. The minimum absolute atomic E-state index is 1.27. The van der Waals surface area contributed by atoms with Crippen molar-refractivity contribution in [2.75, 3.05) is 59.4 Å². The lowest BCUT2D eigenvalue weighted by atomic mass is 10.3. The molecule has 0 radical (unpaired) electrons. The Hall–Kier alpha value is -0.120. The van der Waals surface area contributed by atoms with Crippen LogP contribution in [0, 0.1) is 0 Å². The third kappa shape index (κ3) is 4.40. The second kappa shape index (κ2) is 5.10. The Morgan fingerprint density at radius 2 is 1.29 bits per heavy atom. The van der Waals surface area contributed by atoms with Crippen LogP contribution in [-0.4, -0.2) is 74.1 Å². The lowest BCUT2D eigenvalue weighted by Crippen LogP contribution is -2.24. The maximum Gasteiger partial charge on any atom is 0.0110 e. The first-order valence-electron chi connectivity index (χ1n) is 5.98. The molecule has 0 aromatic rings. The zero-order valence-corrected chi connectivity index (χ0v) is 9.41. The fraction of sp³-hybridized carbons (Fsp3) is 1.00. The lowest BCUT2D eigenvalue weighted by Gasteiger charge is -2.16. The highest BCUT2D eigenvalue weighted by Crippen LogP contribution is 2.05. The van der Waals surface area contributed by atoms with Gasteiger partial charge in [-0.2, -0.15) is 0 Å². The fourth-order valence-corrected chi connectivity index (χ4v) is 1.83. The molecule has 0 aromatic carbocycles. The van der Waals surface area contributed by atoms with Gasteiger partial charge in [-0.3, -0.25) is 0 Å². The molecule has 0 atom stereocenters. The van der Waals surface area contributed by atoms with Gasteiger partial charge in [0.05, 0.1) is 0 Å². The third-order valence-electron chi connectivity index (χ3n) is 3.11. The average Bonchev–Trinajstić information content (AvgIpc) is 2.99. The first-order valence-corrected chi connectivity index (χ1v) is 5.98. The molecule has 2 aliphatic heterocycles. The molecule has 0 aromatic heterocycles. The van der Waals surface area contributed by atoms with Gasteiger partial charge in [0.15, 0.2) is 0 Å². The van der Waals surface area contributed by atoms with E-state index in [2.05, 4.69) is 21.7 Å². The second-order valence-electron chi connectivity index (χ2n) is 4.69. The van der Waals surface area contributed by atoms with Gasteiger partial charge in [0.1, 0.15) is 0 Å². The van der Waals surface area contributed by atoms with Crippen molar-refractivity contribution in [3.8, 4) is 0 Å². The van der Waals surface area contributed by atoms with E-state index in [0.717, 1.165) is 0 Å². The lowest BCUT2D eigenvalue weighted by molar-refractivity contribution is 0.305. The number of rotatable bonds is 8. The normalized spacial score (nSPS) is 21.9. The summed E-state index contributed by atoms with van der Waals surface area (Å²) in [7, 11) is 2.25. The summed E-state index contributed by atoms with van der Waals surface area (Å²) in [6.07, 6.45) is 2.69. The van der Waals surface area contributed by atoms with Crippen LogP contribution in [0.1, 0.15) is 12.8 Å². The minimum Gasteiger partial charge on any atom is -0.306 e. The van der Waals surface area contributed by atoms with Crippen molar-refractivity contribution in [2.45, 2.75) is 12.8 Å². The molecule has 0 spiro atoms. The summed E-state index contributed by atoms with van der Waals surface area (Å²) in [4.78, 5) is 7.49. The summed E-state index contributed by atoms with van der Waals surface area (Å²) in [5.74, 6) is 0. The van der Waals surface area contributed by atoms with E-state index in [-0.39, 0.29) is 0 Å². The standard InChI is InChI=1S/C11H23N3/c1-12(4-2-6-13-8-9-13)5-3-7-14-10-11-14/h2-11H2,1H3. The average molecular weight is 197 g/mol. The smallest absolute Gasteiger partial charge is 0.0110 e. The maximum atomic E-state index is 2.50. The number of hydrogen-bond donors (Lipinski definition) is 0. The molecule has 2 aliphatic rings. The zero-order chi connectivity index (χ0) is 9.80. The van der Waals surface area contributed by atoms with Crippen molar-refractivity contribution >= 4 is 0 Å². The molecular formula is C11H23N3. The molecule has 2 fully saturated rings. The Kier molecular flexibility index (Phi) is 3.79. The topological polar surface area (TPSA) is 9.26 Å². The Balaban J connectivity index is 1.38. The van der Waals surface area contributed by atoms with Crippen LogP contribution >= 0.6 is 0 Å². The van der Waals surface area contributed by atoms with Gasteiger partial charge >= 0.3 is 0 Å². The summed E-state index contributed by atoms with van der Waals surface area (Å²) in [5.41, 5.74) is 0. The van der Waals surface area contributed by atoms with Gasteiger partial charge in [0.2, 0.25) is 0 Å². The van der Waals surface area contributed by atoms with E-state index >= 15 is 0 Å². The molecule has 3 heteroatoms. The van der Waals surface area contributed by atoms with E-state index in [1.807, 2.05) is 0 Å². The fourth-order valence-electron chi connectivity index (χ4n) is 1.83. The van der Waals surface area contributed by atoms with E-state index in [1.165, 1.54) is 65.2 Å². The predicted octanol–water partition coefficient (Wildman–Crippen LogP) is 0.330. The Labute approximate surface area is 87.7 Å². The molecule has 0 aliphatic carbocycles. The van der Waals surface area contributed by atoms with Crippen LogP contribution in [-0.2, 0) is 0 Å². The molecule has 82 valence electrons. The van der Waals surface area contributed by atoms with E-state index in [1.54, 1.807) is 0 Å². The largest absolute Gasteiger partial charge is 0.306 e. The zero-order valence-electron chi connectivity index (χ0n) is 9.41. The molecule has 3 nitrogen and oxygen atoms in total. The molecule has 0 unspecified atom stereocenters. The van der Waals surface area contributed by atoms with Crippen LogP contribution in [0.4, 0.5) is 0 Å². The molecule has 2 saturated heterocycles. The first kappa shape index (κ1) is 10.4. The molecular weight excluding hydrogens is 174 g/mol. The Bertz CT molecular complexity index is 146. The maximum absolute atomic E-state index is 2.50. The van der Waals surface area contributed by atoms with Gasteiger partial charge in [-0.05, 0) is 46.1 Å². The van der Waals surface area contributed by atoms with Crippen LogP contribution in [0.15, 0.2) is 0 Å². The van der Waals surface area contributed by atoms with Crippen LogP contribution in [0.25, 0.3) is 0 Å². The van der Waals surface area contributed by atoms with Crippen molar-refractivity contribution in [3.05, 3.63) is 0 Å². The summed E-state index contributed by atoms with van der Waals surface area (Å²) in [6.45, 7) is 10.6. The van der Waals surface area contributed by atoms with Gasteiger partial charge in [0.25, 0.3) is 0 Å². The summed E-state index contributed by atoms with van der Waals surface area (Å²) in [6, 6.07) is 0. The monoisotopic (exact) mass is 197 g/mol. The summed E-state index contributed by atoms with van der Waals surface area (Å²) in [5, 5.41) is 0. The van der Waals surface area contributed by atoms with E-state index in [0.29, 0.717) is 0 Å².